The summed E-state index contributed by atoms with van der Waals surface area (Å²) in [5.41, 5.74) is 0.396. The predicted octanol–water partition coefficient (Wildman–Crippen LogP) is 3.28. The quantitative estimate of drug-likeness (QED) is 0.923. The number of nitrogens with one attached hydrogen (secondary N) is 1. The average molecular weight is 316 g/mol. The molecule has 124 valence electrons. The molecule has 0 saturated heterocycles. The van der Waals surface area contributed by atoms with Crippen molar-refractivity contribution in [2.45, 2.75) is 64.0 Å². The molecule has 2 aromatic heterocycles. The predicted molar refractivity (Wildman–Crippen MR) is 87.4 cm³/mol. The third-order valence-electron chi connectivity index (χ3n) is 4.09. The van der Waals surface area contributed by atoms with Crippen molar-refractivity contribution in [1.29, 1.82) is 0 Å². The van der Waals surface area contributed by atoms with Gasteiger partial charge in [0, 0.05) is 24.4 Å². The van der Waals surface area contributed by atoms with Crippen LogP contribution in [-0.4, -0.2) is 32.1 Å². The zero-order chi connectivity index (χ0) is 16.4. The summed E-state index contributed by atoms with van der Waals surface area (Å²) < 4.78 is 7.40. The van der Waals surface area contributed by atoms with Crippen LogP contribution in [0, 0.1) is 0 Å². The van der Waals surface area contributed by atoms with Crippen LogP contribution in [0.15, 0.2) is 24.7 Å². The van der Waals surface area contributed by atoms with E-state index in [9.17, 15) is 4.79 Å². The summed E-state index contributed by atoms with van der Waals surface area (Å²) in [5, 5.41) is 3.00. The molecule has 0 aromatic carbocycles. The van der Waals surface area contributed by atoms with Crippen LogP contribution in [-0.2, 0) is 4.74 Å². The average Bonchev–Trinajstić information content (AvgIpc) is 2.89. The Bertz CT molecular complexity index is 689. The monoisotopic (exact) mass is 316 g/mol. The fourth-order valence-electron chi connectivity index (χ4n) is 3.19. The number of aromatic nitrogens is 3. The molecule has 0 radical (unpaired) electrons. The number of carbonyl (C=O) groups excluding carboxylic acids is 1. The molecular formula is C17H24N4O2. The summed E-state index contributed by atoms with van der Waals surface area (Å²) in [6.07, 6.45) is 9.26. The van der Waals surface area contributed by atoms with Crippen LogP contribution in [0.1, 0.15) is 58.2 Å². The van der Waals surface area contributed by atoms with Crippen LogP contribution < -0.4 is 5.32 Å². The zero-order valence-corrected chi connectivity index (χ0v) is 14.0. The molecule has 2 aromatic rings. The minimum atomic E-state index is -0.469. The molecule has 1 saturated carbocycles. The number of hydrogen-bond donors (Lipinski definition) is 1. The van der Waals surface area contributed by atoms with Crippen molar-refractivity contribution in [2.24, 2.45) is 0 Å². The minimum absolute atomic E-state index is 0.132. The van der Waals surface area contributed by atoms with Crippen molar-refractivity contribution < 1.29 is 9.53 Å². The molecule has 0 spiro atoms. The van der Waals surface area contributed by atoms with Crippen LogP contribution in [0.5, 0.6) is 0 Å². The smallest absolute Gasteiger partial charge is 0.407 e. The van der Waals surface area contributed by atoms with Crippen molar-refractivity contribution >= 4 is 11.7 Å². The molecule has 1 amide bonds. The molecule has 1 N–H and O–H groups in total. The molecule has 0 bridgehead atoms. The molecule has 2 atom stereocenters. The Morgan fingerprint density at radius 1 is 1.35 bits per heavy atom. The summed E-state index contributed by atoms with van der Waals surface area (Å²) in [7, 11) is 0. The number of fused-ring (bicyclic) bond motifs is 1. The van der Waals surface area contributed by atoms with Gasteiger partial charge in [0.05, 0.1) is 6.20 Å². The van der Waals surface area contributed by atoms with Gasteiger partial charge in [0.25, 0.3) is 0 Å². The molecule has 23 heavy (non-hydrogen) atoms. The maximum atomic E-state index is 12.0. The van der Waals surface area contributed by atoms with Crippen molar-refractivity contribution in [3.8, 4) is 0 Å². The van der Waals surface area contributed by atoms with E-state index in [0.29, 0.717) is 5.92 Å². The van der Waals surface area contributed by atoms with Crippen LogP contribution in [0.25, 0.3) is 5.65 Å². The lowest BCUT2D eigenvalue weighted by atomic mass is 9.85. The van der Waals surface area contributed by atoms with E-state index in [4.69, 9.17) is 4.74 Å². The van der Waals surface area contributed by atoms with Gasteiger partial charge in [0.15, 0.2) is 5.65 Å². The zero-order valence-electron chi connectivity index (χ0n) is 14.0. The van der Waals surface area contributed by atoms with Crippen molar-refractivity contribution in [1.82, 2.24) is 19.7 Å². The van der Waals surface area contributed by atoms with Gasteiger partial charge in [-0.2, -0.15) is 0 Å². The van der Waals surface area contributed by atoms with E-state index in [0.717, 1.165) is 37.2 Å². The van der Waals surface area contributed by atoms with Gasteiger partial charge in [-0.05, 0) is 46.1 Å². The lowest BCUT2D eigenvalue weighted by molar-refractivity contribution is 0.0490. The van der Waals surface area contributed by atoms with Gasteiger partial charge in [0.1, 0.15) is 11.4 Å². The summed E-state index contributed by atoms with van der Waals surface area (Å²) in [5.74, 6) is 1.36. The molecule has 1 fully saturated rings. The molecule has 0 aliphatic heterocycles. The molecule has 0 unspecified atom stereocenters. The summed E-state index contributed by atoms with van der Waals surface area (Å²) in [4.78, 5) is 20.8. The first-order valence-corrected chi connectivity index (χ1v) is 8.20. The fraction of sp³-hybridized carbons (Fsp3) is 0.588. The Morgan fingerprint density at radius 2 is 2.17 bits per heavy atom. The van der Waals surface area contributed by atoms with E-state index in [1.165, 1.54) is 0 Å². The van der Waals surface area contributed by atoms with Gasteiger partial charge in [-0.1, -0.05) is 6.42 Å². The van der Waals surface area contributed by atoms with Crippen molar-refractivity contribution in [2.75, 3.05) is 0 Å². The molecule has 3 rings (SSSR count). The normalized spacial score (nSPS) is 22.0. The third-order valence-corrected chi connectivity index (χ3v) is 4.09. The molecule has 6 heteroatoms. The molecule has 1 aliphatic rings. The van der Waals surface area contributed by atoms with Gasteiger partial charge in [-0.25, -0.2) is 14.8 Å². The Morgan fingerprint density at radius 3 is 2.96 bits per heavy atom. The highest BCUT2D eigenvalue weighted by Gasteiger charge is 2.28. The van der Waals surface area contributed by atoms with Crippen LogP contribution in [0.2, 0.25) is 0 Å². The van der Waals surface area contributed by atoms with Crippen LogP contribution >= 0.6 is 0 Å². The maximum absolute atomic E-state index is 12.0. The highest BCUT2D eigenvalue weighted by atomic mass is 16.6. The molecule has 6 nitrogen and oxygen atoms in total. The largest absolute Gasteiger partial charge is 0.444 e. The topological polar surface area (TPSA) is 68.5 Å². The number of hydrogen-bond acceptors (Lipinski definition) is 4. The van der Waals surface area contributed by atoms with E-state index >= 15 is 0 Å². The first-order chi connectivity index (χ1) is 10.9. The number of carbonyl (C=O) groups is 1. The summed E-state index contributed by atoms with van der Waals surface area (Å²) in [6, 6.07) is 2.05. The van der Waals surface area contributed by atoms with E-state index in [1.807, 2.05) is 37.4 Å². The highest BCUT2D eigenvalue weighted by molar-refractivity contribution is 5.68. The van der Waals surface area contributed by atoms with Crippen molar-refractivity contribution in [3.63, 3.8) is 0 Å². The number of imidazole rings is 1. The van der Waals surface area contributed by atoms with E-state index in [1.54, 1.807) is 12.4 Å². The van der Waals surface area contributed by atoms with E-state index in [-0.39, 0.29) is 12.1 Å². The standard InChI is InChI=1S/C17H24N4O2/c1-17(2,3)23-16(22)20-13-7-4-6-12(10-13)15-19-11-14-18-8-5-9-21(14)15/h5,8-9,11-13H,4,6-7,10H2,1-3H3,(H,20,22)/t12-,13+/m0/s1. The number of nitrogens with zero attached hydrogens (tertiary/aromatic N) is 3. The second-order valence-electron chi connectivity index (χ2n) is 7.17. The number of amides is 1. The number of alkyl carbamates (subject to hydrolysis) is 1. The lowest BCUT2D eigenvalue weighted by Gasteiger charge is -2.30. The number of rotatable bonds is 2. The summed E-state index contributed by atoms with van der Waals surface area (Å²) in [6.45, 7) is 5.62. The Balaban J connectivity index is 1.68. The van der Waals surface area contributed by atoms with E-state index in [2.05, 4.69) is 15.3 Å². The maximum Gasteiger partial charge on any atom is 0.407 e. The molecule has 2 heterocycles. The molecular weight excluding hydrogens is 292 g/mol. The Labute approximate surface area is 136 Å². The molecule has 1 aliphatic carbocycles. The van der Waals surface area contributed by atoms with Gasteiger partial charge in [0.2, 0.25) is 0 Å². The number of ether oxygens (including phenoxy) is 1. The van der Waals surface area contributed by atoms with Gasteiger partial charge >= 0.3 is 6.09 Å². The first-order valence-electron chi connectivity index (χ1n) is 8.20. The van der Waals surface area contributed by atoms with Gasteiger partial charge < -0.3 is 10.1 Å². The van der Waals surface area contributed by atoms with Crippen LogP contribution in [0.4, 0.5) is 4.79 Å². The van der Waals surface area contributed by atoms with Gasteiger partial charge in [-0.15, -0.1) is 0 Å². The fourth-order valence-corrected chi connectivity index (χ4v) is 3.19. The van der Waals surface area contributed by atoms with Gasteiger partial charge in [-0.3, -0.25) is 4.40 Å². The minimum Gasteiger partial charge on any atom is -0.444 e. The second-order valence-corrected chi connectivity index (χ2v) is 7.17. The Kier molecular flexibility index (Phi) is 4.24. The summed E-state index contributed by atoms with van der Waals surface area (Å²) >= 11 is 0. The highest BCUT2D eigenvalue weighted by Crippen LogP contribution is 2.32. The third kappa shape index (κ3) is 3.81. The Hall–Kier alpha value is -2.11. The lowest BCUT2D eigenvalue weighted by Crippen LogP contribution is -2.41. The second kappa shape index (κ2) is 6.18. The SMILES string of the molecule is CC(C)(C)OC(=O)N[C@@H]1CCC[C@H](c2ncc3ncccn23)C1. The van der Waals surface area contributed by atoms with Crippen LogP contribution in [0.3, 0.4) is 0 Å². The first kappa shape index (κ1) is 15.8. The van der Waals surface area contributed by atoms with Crippen molar-refractivity contribution in [3.05, 3.63) is 30.5 Å². The van der Waals surface area contributed by atoms with E-state index < -0.39 is 5.60 Å².